The molecule has 3 aliphatic heterocycles. The molecule has 0 N–H and O–H groups in total. The zero-order valence-corrected chi connectivity index (χ0v) is 37.4. The van der Waals surface area contributed by atoms with Crippen LogP contribution in [0.25, 0.3) is 0 Å². The van der Waals surface area contributed by atoms with Crippen LogP contribution in [0.5, 0.6) is 11.5 Å². The van der Waals surface area contributed by atoms with Crippen molar-refractivity contribution in [2.24, 2.45) is 0 Å². The fraction of sp³-hybridized carbons (Fsp3) is 0.158. The van der Waals surface area contributed by atoms with Gasteiger partial charge in [0.2, 0.25) is 0 Å². The molecule has 0 aliphatic carbocycles. The number of ether oxygens (including phenoxy) is 1. The van der Waals surface area contributed by atoms with E-state index in [0.29, 0.717) is 17.8 Å². The van der Waals surface area contributed by atoms with Gasteiger partial charge in [-0.1, -0.05) is 168 Å². The van der Waals surface area contributed by atoms with E-state index in [4.69, 9.17) is 4.74 Å². The van der Waals surface area contributed by atoms with Crippen molar-refractivity contribution < 1.29 is 4.74 Å². The molecule has 0 fully saturated rings. The van der Waals surface area contributed by atoms with E-state index >= 15 is 0 Å². The third-order valence-corrected chi connectivity index (χ3v) is 18.6. The van der Waals surface area contributed by atoms with E-state index in [-0.39, 0.29) is 6.71 Å². The zero-order chi connectivity index (χ0) is 42.3. The Morgan fingerprint density at radius 2 is 0.839 bits per heavy atom. The van der Waals surface area contributed by atoms with Gasteiger partial charge in [0.25, 0.3) is 6.71 Å². The summed E-state index contributed by atoms with van der Waals surface area (Å²) in [7, 11) is -2.91. The minimum atomic E-state index is -2.91. The first-order chi connectivity index (χ1) is 30.3. The summed E-state index contributed by atoms with van der Waals surface area (Å²) in [6.07, 6.45) is 0. The van der Waals surface area contributed by atoms with Crippen molar-refractivity contribution in [3.8, 4) is 11.5 Å². The molecule has 0 aromatic heterocycles. The number of hydrogen-bond acceptors (Lipinski definition) is 3. The Morgan fingerprint density at radius 3 is 1.34 bits per heavy atom. The summed E-state index contributed by atoms with van der Waals surface area (Å²) in [5.41, 5.74) is 15.4. The third-order valence-electron chi connectivity index (χ3n) is 13.7. The topological polar surface area (TPSA) is 15.7 Å². The van der Waals surface area contributed by atoms with Gasteiger partial charge < -0.3 is 14.5 Å². The predicted molar refractivity (Wildman–Crippen MR) is 266 cm³/mol. The standard InChI is InChI=1S/C57H51BN2OSi/c1-37(2)40-34-43(38(3)4)57(44(35-40)39(5)6)58-45-22-10-15-27-51(45)61-52-33-32-42(36-46(52)58)60-49-25-13-18-30-55(49)62(56-31-19-14-26-50(56)60)53-28-16-11-23-47(53)59(41-20-8-7-9-21-41)48-24-12-17-29-54(48)62/h7-39H,1-6H3. The van der Waals surface area contributed by atoms with Crippen molar-refractivity contribution in [1.82, 2.24) is 0 Å². The van der Waals surface area contributed by atoms with Gasteiger partial charge in [-0.3, -0.25) is 0 Å². The molecule has 1 spiro atoms. The summed E-state index contributed by atoms with van der Waals surface area (Å²) in [4.78, 5) is 5.02. The molecule has 8 aromatic carbocycles. The van der Waals surface area contributed by atoms with Crippen LogP contribution in [0.15, 0.2) is 182 Å². The number of anilines is 6. The largest absolute Gasteiger partial charge is 0.458 e. The summed E-state index contributed by atoms with van der Waals surface area (Å²) >= 11 is 0. The van der Waals surface area contributed by atoms with Crippen molar-refractivity contribution in [3.05, 3.63) is 199 Å². The number of benzene rings is 8. The summed E-state index contributed by atoms with van der Waals surface area (Å²) in [5, 5.41) is 5.61. The molecule has 0 bridgehead atoms. The average molecular weight is 819 g/mol. The van der Waals surface area contributed by atoms with Gasteiger partial charge in [0.1, 0.15) is 11.5 Å². The van der Waals surface area contributed by atoms with Crippen LogP contribution in [0, 0.1) is 0 Å². The number of hydrogen-bond donors (Lipinski definition) is 0. The zero-order valence-electron chi connectivity index (χ0n) is 36.4. The average Bonchev–Trinajstić information content (AvgIpc) is 3.30. The first kappa shape index (κ1) is 38.4. The molecule has 302 valence electrons. The summed E-state index contributed by atoms with van der Waals surface area (Å²) < 4.78 is 6.87. The summed E-state index contributed by atoms with van der Waals surface area (Å²) in [6.45, 7) is 14.1. The maximum Gasteiger partial charge on any atom is 0.251 e. The van der Waals surface area contributed by atoms with Crippen LogP contribution in [-0.4, -0.2) is 14.8 Å². The molecule has 0 saturated heterocycles. The van der Waals surface area contributed by atoms with Crippen molar-refractivity contribution in [2.75, 3.05) is 9.80 Å². The van der Waals surface area contributed by atoms with E-state index in [9.17, 15) is 0 Å². The van der Waals surface area contributed by atoms with Gasteiger partial charge in [-0.2, -0.15) is 0 Å². The van der Waals surface area contributed by atoms with Crippen LogP contribution in [-0.2, 0) is 0 Å². The minimum absolute atomic E-state index is 0.00276. The molecular weight excluding hydrogens is 768 g/mol. The Labute approximate surface area is 368 Å². The second-order valence-electron chi connectivity index (χ2n) is 18.2. The van der Waals surface area contributed by atoms with E-state index in [1.165, 1.54) is 82.3 Å². The molecule has 3 nitrogen and oxygen atoms in total. The molecule has 0 amide bonds. The van der Waals surface area contributed by atoms with Gasteiger partial charge in [0.15, 0.2) is 8.07 Å². The maximum absolute atomic E-state index is 6.87. The highest BCUT2D eigenvalue weighted by Gasteiger charge is 2.54. The molecular formula is C57H51BN2OSi. The van der Waals surface area contributed by atoms with Gasteiger partial charge >= 0.3 is 0 Å². The lowest BCUT2D eigenvalue weighted by atomic mass is 9.34. The predicted octanol–water partition coefficient (Wildman–Crippen LogP) is 10.6. The molecule has 0 saturated carbocycles. The molecule has 0 atom stereocenters. The molecule has 3 aliphatic rings. The van der Waals surface area contributed by atoms with E-state index < -0.39 is 8.07 Å². The van der Waals surface area contributed by atoms with Gasteiger partial charge in [0, 0.05) is 34.1 Å². The fourth-order valence-corrected chi connectivity index (χ4v) is 16.4. The molecule has 8 aromatic rings. The highest BCUT2D eigenvalue weighted by atomic mass is 28.3. The number of rotatable bonds is 6. The number of para-hydroxylation sites is 6. The van der Waals surface area contributed by atoms with Crippen LogP contribution < -0.4 is 51.7 Å². The quantitative estimate of drug-likeness (QED) is 0.156. The summed E-state index contributed by atoms with van der Waals surface area (Å²) in [6, 6.07) is 68.4. The Morgan fingerprint density at radius 1 is 0.403 bits per heavy atom. The van der Waals surface area contributed by atoms with Gasteiger partial charge in [0.05, 0.1) is 0 Å². The molecule has 0 unspecified atom stereocenters. The third kappa shape index (κ3) is 5.64. The van der Waals surface area contributed by atoms with Crippen LogP contribution in [0.1, 0.15) is 76.0 Å². The normalized spacial score (nSPS) is 14.2. The smallest absolute Gasteiger partial charge is 0.251 e. The lowest BCUT2D eigenvalue weighted by molar-refractivity contribution is 0.487. The van der Waals surface area contributed by atoms with Crippen molar-refractivity contribution in [2.45, 2.75) is 59.3 Å². The van der Waals surface area contributed by atoms with Crippen LogP contribution >= 0.6 is 0 Å². The highest BCUT2D eigenvalue weighted by Crippen LogP contribution is 2.44. The summed E-state index contributed by atoms with van der Waals surface area (Å²) in [5.74, 6) is 3.01. The van der Waals surface area contributed by atoms with Crippen LogP contribution in [0.2, 0.25) is 0 Å². The highest BCUT2D eigenvalue weighted by molar-refractivity contribution is 7.23. The number of nitrogens with zero attached hydrogens (tertiary/aromatic N) is 2. The second-order valence-corrected chi connectivity index (χ2v) is 21.9. The fourth-order valence-electron chi connectivity index (χ4n) is 11.0. The molecule has 3 heterocycles. The first-order valence-electron chi connectivity index (χ1n) is 22.4. The Hall–Kier alpha value is -6.56. The first-order valence-corrected chi connectivity index (χ1v) is 24.4. The lowest BCUT2D eigenvalue weighted by Crippen LogP contribution is -2.79. The van der Waals surface area contributed by atoms with Crippen molar-refractivity contribution >= 4 is 86.0 Å². The monoisotopic (exact) mass is 818 g/mol. The lowest BCUT2D eigenvalue weighted by Gasteiger charge is -2.50. The second kappa shape index (κ2) is 14.8. The van der Waals surface area contributed by atoms with E-state index in [1.807, 2.05) is 0 Å². The Balaban J connectivity index is 1.16. The minimum Gasteiger partial charge on any atom is -0.458 e. The molecule has 0 radical (unpaired) electrons. The maximum atomic E-state index is 6.87. The molecule has 5 heteroatoms. The SMILES string of the molecule is CC(C)c1cc(C(C)C)c(B2c3ccccc3Oc3ccc(N4c5ccccc5[Si]5(c6ccccc6N(c6ccccc6)c6ccccc65)c5ccccc54)cc32)c(C(C)C)c1. The number of fused-ring (bicyclic) bond motifs is 10. The van der Waals surface area contributed by atoms with Crippen molar-refractivity contribution in [3.63, 3.8) is 0 Å². The van der Waals surface area contributed by atoms with Crippen molar-refractivity contribution in [1.29, 1.82) is 0 Å². The Kier molecular flexibility index (Phi) is 9.17. The van der Waals surface area contributed by atoms with Gasteiger partial charge in [-0.05, 0) is 127 Å². The van der Waals surface area contributed by atoms with E-state index in [1.54, 1.807) is 0 Å². The van der Waals surface area contributed by atoms with Gasteiger partial charge in [-0.15, -0.1) is 0 Å². The molecule has 62 heavy (non-hydrogen) atoms. The van der Waals surface area contributed by atoms with Gasteiger partial charge in [-0.25, -0.2) is 0 Å². The van der Waals surface area contributed by atoms with Crippen LogP contribution in [0.3, 0.4) is 0 Å². The van der Waals surface area contributed by atoms with E-state index in [0.717, 1.165) is 17.2 Å². The van der Waals surface area contributed by atoms with E-state index in [2.05, 4.69) is 233 Å². The Bertz CT molecular complexity index is 2900. The van der Waals surface area contributed by atoms with Crippen LogP contribution in [0.4, 0.5) is 34.1 Å². The molecule has 11 rings (SSSR count).